The summed E-state index contributed by atoms with van der Waals surface area (Å²) in [4.78, 5) is 1.33. The Balaban J connectivity index is 2.07. The van der Waals surface area contributed by atoms with Crippen molar-refractivity contribution in [2.24, 2.45) is 11.7 Å². The first-order valence-corrected chi connectivity index (χ1v) is 8.04. The smallest absolute Gasteiger partial charge is 0.0346 e. The van der Waals surface area contributed by atoms with E-state index in [2.05, 4.69) is 42.9 Å². The summed E-state index contributed by atoms with van der Waals surface area (Å²) in [6.07, 6.45) is 6.96. The predicted molar refractivity (Wildman–Crippen MR) is 80.0 cm³/mol. The highest BCUT2D eigenvalue weighted by atomic mass is 32.2. The molecule has 1 aromatic carbocycles. The topological polar surface area (TPSA) is 38.0 Å². The molecule has 0 radical (unpaired) electrons. The molecule has 0 aliphatic heterocycles. The van der Waals surface area contributed by atoms with E-state index in [0.29, 0.717) is 12.1 Å². The molecule has 1 fully saturated rings. The van der Waals surface area contributed by atoms with Gasteiger partial charge in [0.15, 0.2) is 0 Å². The monoisotopic (exact) mass is 264 g/mol. The lowest BCUT2D eigenvalue weighted by atomic mass is 9.79. The van der Waals surface area contributed by atoms with E-state index >= 15 is 0 Å². The van der Waals surface area contributed by atoms with Crippen LogP contribution >= 0.6 is 11.8 Å². The second kappa shape index (κ2) is 6.60. The van der Waals surface area contributed by atoms with Gasteiger partial charge in [0.05, 0.1) is 0 Å². The molecular weight excluding hydrogens is 240 g/mol. The molecule has 1 aliphatic rings. The highest BCUT2D eigenvalue weighted by molar-refractivity contribution is 7.98. The largest absolute Gasteiger partial charge is 0.328 e. The fourth-order valence-electron chi connectivity index (χ4n) is 2.96. The van der Waals surface area contributed by atoms with Crippen LogP contribution in [0.3, 0.4) is 0 Å². The van der Waals surface area contributed by atoms with E-state index in [4.69, 9.17) is 5.73 Å². The molecule has 3 heteroatoms. The van der Waals surface area contributed by atoms with Gasteiger partial charge in [0.25, 0.3) is 0 Å². The van der Waals surface area contributed by atoms with Crippen molar-refractivity contribution in [3.8, 4) is 0 Å². The van der Waals surface area contributed by atoms with Gasteiger partial charge in [-0.1, -0.05) is 12.1 Å². The fraction of sp³-hybridized carbons (Fsp3) is 0.600. The Labute approximate surface area is 115 Å². The quantitative estimate of drug-likeness (QED) is 0.820. The Hall–Kier alpha value is -0.510. The first-order chi connectivity index (χ1) is 8.74. The lowest BCUT2D eigenvalue weighted by Gasteiger charge is -2.32. The van der Waals surface area contributed by atoms with E-state index in [0.717, 1.165) is 5.92 Å². The minimum Gasteiger partial charge on any atom is -0.328 e. The Morgan fingerprint density at radius 1 is 1.17 bits per heavy atom. The first kappa shape index (κ1) is 13.9. The molecule has 1 aliphatic carbocycles. The van der Waals surface area contributed by atoms with E-state index in [-0.39, 0.29) is 0 Å². The molecule has 1 aromatic rings. The molecular formula is C15H24N2S. The minimum absolute atomic E-state index is 0.428. The second-order valence-electron chi connectivity index (χ2n) is 5.21. The SMILES string of the molecule is CNC(c1ccc(SC)cc1)C1CCC(N)CC1. The molecule has 2 rings (SSSR count). The summed E-state index contributed by atoms with van der Waals surface area (Å²) in [7, 11) is 2.07. The van der Waals surface area contributed by atoms with Crippen molar-refractivity contribution in [3.05, 3.63) is 29.8 Å². The number of thioether (sulfide) groups is 1. The van der Waals surface area contributed by atoms with Crippen LogP contribution < -0.4 is 11.1 Å². The van der Waals surface area contributed by atoms with Crippen LogP contribution in [-0.4, -0.2) is 19.3 Å². The average molecular weight is 264 g/mol. The Bertz CT molecular complexity index is 355. The predicted octanol–water partition coefficient (Wildman–Crippen LogP) is 3.19. The zero-order chi connectivity index (χ0) is 13.0. The zero-order valence-corrected chi connectivity index (χ0v) is 12.2. The van der Waals surface area contributed by atoms with Crippen molar-refractivity contribution in [3.63, 3.8) is 0 Å². The molecule has 0 aromatic heterocycles. The second-order valence-corrected chi connectivity index (χ2v) is 6.09. The van der Waals surface area contributed by atoms with Crippen LogP contribution in [0, 0.1) is 5.92 Å². The summed E-state index contributed by atoms with van der Waals surface area (Å²) >= 11 is 1.80. The Morgan fingerprint density at radius 3 is 2.28 bits per heavy atom. The minimum atomic E-state index is 0.428. The highest BCUT2D eigenvalue weighted by Crippen LogP contribution is 2.34. The molecule has 1 saturated carbocycles. The molecule has 3 N–H and O–H groups in total. The van der Waals surface area contributed by atoms with Gasteiger partial charge in [-0.15, -0.1) is 11.8 Å². The summed E-state index contributed by atoms with van der Waals surface area (Å²) in [5, 5.41) is 3.49. The maximum Gasteiger partial charge on any atom is 0.0346 e. The zero-order valence-electron chi connectivity index (χ0n) is 11.4. The third-order valence-electron chi connectivity index (χ3n) is 4.07. The van der Waals surface area contributed by atoms with Crippen molar-refractivity contribution in [2.75, 3.05) is 13.3 Å². The Morgan fingerprint density at radius 2 is 1.78 bits per heavy atom. The van der Waals surface area contributed by atoms with Gasteiger partial charge in [0.1, 0.15) is 0 Å². The van der Waals surface area contributed by atoms with Crippen LogP contribution in [0.2, 0.25) is 0 Å². The van der Waals surface area contributed by atoms with Crippen LogP contribution in [0.1, 0.15) is 37.3 Å². The summed E-state index contributed by atoms with van der Waals surface area (Å²) in [6.45, 7) is 0. The van der Waals surface area contributed by atoms with Crippen LogP contribution in [0.15, 0.2) is 29.2 Å². The van der Waals surface area contributed by atoms with Crippen molar-refractivity contribution < 1.29 is 0 Å². The van der Waals surface area contributed by atoms with E-state index < -0.39 is 0 Å². The number of hydrogen-bond donors (Lipinski definition) is 2. The van der Waals surface area contributed by atoms with Crippen LogP contribution in [-0.2, 0) is 0 Å². The molecule has 1 unspecified atom stereocenters. The average Bonchev–Trinajstić information content (AvgIpc) is 2.42. The Kier molecular flexibility index (Phi) is 5.10. The molecule has 0 bridgehead atoms. The summed E-state index contributed by atoms with van der Waals surface area (Å²) < 4.78 is 0. The normalized spacial score (nSPS) is 25.9. The lowest BCUT2D eigenvalue weighted by molar-refractivity contribution is 0.262. The first-order valence-electron chi connectivity index (χ1n) is 6.81. The van der Waals surface area contributed by atoms with Gasteiger partial charge >= 0.3 is 0 Å². The van der Waals surface area contributed by atoms with Crippen molar-refractivity contribution in [1.29, 1.82) is 0 Å². The van der Waals surface area contributed by atoms with Gasteiger partial charge in [-0.05, 0) is 62.6 Å². The number of nitrogens with one attached hydrogen (secondary N) is 1. The fourth-order valence-corrected chi connectivity index (χ4v) is 3.37. The molecule has 0 spiro atoms. The van der Waals surface area contributed by atoms with Gasteiger partial charge < -0.3 is 11.1 Å². The molecule has 100 valence electrons. The van der Waals surface area contributed by atoms with Crippen molar-refractivity contribution in [1.82, 2.24) is 5.32 Å². The number of benzene rings is 1. The van der Waals surface area contributed by atoms with Crippen molar-refractivity contribution in [2.45, 2.75) is 42.7 Å². The van der Waals surface area contributed by atoms with Crippen LogP contribution in [0.4, 0.5) is 0 Å². The van der Waals surface area contributed by atoms with Gasteiger partial charge in [0.2, 0.25) is 0 Å². The van der Waals surface area contributed by atoms with Gasteiger partial charge in [-0.25, -0.2) is 0 Å². The van der Waals surface area contributed by atoms with E-state index in [1.54, 1.807) is 11.8 Å². The van der Waals surface area contributed by atoms with E-state index in [1.165, 1.54) is 36.1 Å². The van der Waals surface area contributed by atoms with Crippen molar-refractivity contribution >= 4 is 11.8 Å². The number of rotatable bonds is 4. The van der Waals surface area contributed by atoms with Crippen LogP contribution in [0.5, 0.6) is 0 Å². The maximum absolute atomic E-state index is 5.99. The molecule has 0 amide bonds. The number of hydrogen-bond acceptors (Lipinski definition) is 3. The van der Waals surface area contributed by atoms with Crippen LogP contribution in [0.25, 0.3) is 0 Å². The summed E-state index contributed by atoms with van der Waals surface area (Å²) in [5.41, 5.74) is 7.40. The number of nitrogens with two attached hydrogens (primary N) is 1. The van der Waals surface area contributed by atoms with Gasteiger partial charge in [0, 0.05) is 17.0 Å². The molecule has 1 atom stereocenters. The third kappa shape index (κ3) is 3.28. The lowest BCUT2D eigenvalue weighted by Crippen LogP contribution is -2.33. The summed E-state index contributed by atoms with van der Waals surface area (Å²) in [6, 6.07) is 9.88. The maximum atomic E-state index is 5.99. The van der Waals surface area contributed by atoms with E-state index in [9.17, 15) is 0 Å². The molecule has 0 heterocycles. The standard InChI is InChI=1S/C15H24N2S/c1-17-15(11-3-7-13(16)8-4-11)12-5-9-14(18-2)10-6-12/h5-6,9-11,13,15,17H,3-4,7-8,16H2,1-2H3. The van der Waals surface area contributed by atoms with Gasteiger partial charge in [-0.3, -0.25) is 0 Å². The van der Waals surface area contributed by atoms with Gasteiger partial charge in [-0.2, -0.15) is 0 Å². The van der Waals surface area contributed by atoms with E-state index in [1.807, 2.05) is 0 Å². The molecule has 2 nitrogen and oxygen atoms in total. The third-order valence-corrected chi connectivity index (χ3v) is 4.82. The molecule has 0 saturated heterocycles. The molecule has 18 heavy (non-hydrogen) atoms. The highest BCUT2D eigenvalue weighted by Gasteiger charge is 2.26. The summed E-state index contributed by atoms with van der Waals surface area (Å²) in [5.74, 6) is 0.731.